The van der Waals surface area contributed by atoms with Crippen molar-refractivity contribution >= 4 is 0 Å². The Balaban J connectivity index is 1.80. The van der Waals surface area contributed by atoms with Crippen LogP contribution >= 0.6 is 0 Å². The molecule has 0 saturated heterocycles. The van der Waals surface area contributed by atoms with E-state index in [0.717, 1.165) is 19.3 Å². The molecular formula is C17H20N2O. The lowest BCUT2D eigenvalue weighted by Gasteiger charge is -2.29. The van der Waals surface area contributed by atoms with Gasteiger partial charge in [0.05, 0.1) is 0 Å². The number of pyridine rings is 1. The highest BCUT2D eigenvalue weighted by Gasteiger charge is 2.22. The molecule has 2 atom stereocenters. The van der Waals surface area contributed by atoms with Crippen molar-refractivity contribution in [3.8, 4) is 5.75 Å². The van der Waals surface area contributed by atoms with Gasteiger partial charge in [-0.05, 0) is 61.1 Å². The van der Waals surface area contributed by atoms with Gasteiger partial charge in [0.15, 0.2) is 0 Å². The van der Waals surface area contributed by atoms with Crippen molar-refractivity contribution in [1.82, 2.24) is 10.3 Å². The standard InChI is InChI=1S/C17H20N2O/c1-12(14-5-3-9-18-11-14)19-17-6-2-4-13-10-15(20)7-8-16(13)17/h3,5,7-12,17,19-20H,2,4,6H2,1H3. The Morgan fingerprint density at radius 3 is 3.05 bits per heavy atom. The van der Waals surface area contributed by atoms with E-state index in [4.69, 9.17) is 0 Å². The molecule has 1 aliphatic rings. The van der Waals surface area contributed by atoms with Crippen LogP contribution in [0.1, 0.15) is 48.5 Å². The summed E-state index contributed by atoms with van der Waals surface area (Å²) in [6, 6.07) is 10.4. The monoisotopic (exact) mass is 268 g/mol. The fourth-order valence-corrected chi connectivity index (χ4v) is 3.00. The van der Waals surface area contributed by atoms with E-state index in [2.05, 4.69) is 29.4 Å². The summed E-state index contributed by atoms with van der Waals surface area (Å²) < 4.78 is 0. The van der Waals surface area contributed by atoms with Crippen LogP contribution in [0.3, 0.4) is 0 Å². The van der Waals surface area contributed by atoms with Crippen molar-refractivity contribution < 1.29 is 5.11 Å². The van der Waals surface area contributed by atoms with Gasteiger partial charge >= 0.3 is 0 Å². The minimum atomic E-state index is 0.272. The number of aromatic hydroxyl groups is 1. The Kier molecular flexibility index (Phi) is 3.70. The molecule has 3 heteroatoms. The lowest BCUT2D eigenvalue weighted by Crippen LogP contribution is -2.27. The first-order valence-electron chi connectivity index (χ1n) is 7.22. The molecule has 0 fully saturated rings. The zero-order chi connectivity index (χ0) is 13.9. The Labute approximate surface area is 119 Å². The molecule has 20 heavy (non-hydrogen) atoms. The number of benzene rings is 1. The Morgan fingerprint density at radius 1 is 1.35 bits per heavy atom. The quantitative estimate of drug-likeness (QED) is 0.895. The van der Waals surface area contributed by atoms with Gasteiger partial charge < -0.3 is 10.4 Å². The number of fused-ring (bicyclic) bond motifs is 1. The van der Waals surface area contributed by atoms with Crippen molar-refractivity contribution in [2.75, 3.05) is 0 Å². The third-order valence-corrected chi connectivity index (χ3v) is 4.08. The van der Waals surface area contributed by atoms with Gasteiger partial charge in [-0.2, -0.15) is 0 Å². The van der Waals surface area contributed by atoms with Crippen molar-refractivity contribution in [1.29, 1.82) is 0 Å². The van der Waals surface area contributed by atoms with Gasteiger partial charge in [0.2, 0.25) is 0 Å². The number of aromatic nitrogens is 1. The maximum absolute atomic E-state index is 9.61. The molecular weight excluding hydrogens is 248 g/mol. The number of nitrogens with zero attached hydrogens (tertiary/aromatic N) is 1. The molecule has 0 spiro atoms. The van der Waals surface area contributed by atoms with Crippen LogP contribution in [0.4, 0.5) is 0 Å². The van der Waals surface area contributed by atoms with E-state index >= 15 is 0 Å². The van der Waals surface area contributed by atoms with Crippen LogP contribution in [-0.4, -0.2) is 10.1 Å². The normalized spacial score (nSPS) is 19.4. The van der Waals surface area contributed by atoms with Gasteiger partial charge in [0, 0.05) is 24.5 Å². The van der Waals surface area contributed by atoms with Crippen molar-refractivity contribution in [2.24, 2.45) is 0 Å². The highest BCUT2D eigenvalue weighted by molar-refractivity contribution is 5.38. The van der Waals surface area contributed by atoms with E-state index in [1.807, 2.05) is 18.3 Å². The predicted molar refractivity (Wildman–Crippen MR) is 79.6 cm³/mol. The van der Waals surface area contributed by atoms with Crippen LogP contribution in [0.25, 0.3) is 0 Å². The first-order chi connectivity index (χ1) is 9.74. The summed E-state index contributed by atoms with van der Waals surface area (Å²) in [4.78, 5) is 4.18. The summed E-state index contributed by atoms with van der Waals surface area (Å²) in [7, 11) is 0. The number of aryl methyl sites for hydroxylation is 1. The SMILES string of the molecule is CC(NC1CCCc2cc(O)ccc21)c1cccnc1. The Morgan fingerprint density at radius 2 is 2.25 bits per heavy atom. The molecule has 2 aromatic rings. The first-order valence-corrected chi connectivity index (χ1v) is 7.22. The van der Waals surface area contributed by atoms with Gasteiger partial charge in [-0.1, -0.05) is 12.1 Å². The molecule has 2 N–H and O–H groups in total. The summed E-state index contributed by atoms with van der Waals surface area (Å²) >= 11 is 0. The fraction of sp³-hybridized carbons (Fsp3) is 0.353. The average molecular weight is 268 g/mol. The second-order valence-corrected chi connectivity index (χ2v) is 5.50. The van der Waals surface area contributed by atoms with E-state index in [0.29, 0.717) is 11.8 Å². The Hall–Kier alpha value is -1.87. The second-order valence-electron chi connectivity index (χ2n) is 5.50. The molecule has 1 aliphatic carbocycles. The van der Waals surface area contributed by atoms with Crippen molar-refractivity contribution in [2.45, 2.75) is 38.3 Å². The highest BCUT2D eigenvalue weighted by atomic mass is 16.3. The maximum atomic E-state index is 9.61. The van der Waals surface area contributed by atoms with Crippen LogP contribution in [-0.2, 0) is 6.42 Å². The van der Waals surface area contributed by atoms with Gasteiger partial charge in [0.1, 0.15) is 5.75 Å². The maximum Gasteiger partial charge on any atom is 0.115 e. The average Bonchev–Trinajstić information content (AvgIpc) is 2.48. The first kappa shape index (κ1) is 13.1. The minimum Gasteiger partial charge on any atom is -0.508 e. The molecule has 0 saturated carbocycles. The van der Waals surface area contributed by atoms with Crippen molar-refractivity contribution in [3.05, 3.63) is 59.4 Å². The lowest BCUT2D eigenvalue weighted by atomic mass is 9.87. The molecule has 3 nitrogen and oxygen atoms in total. The molecule has 1 heterocycles. The molecule has 2 unspecified atom stereocenters. The zero-order valence-electron chi connectivity index (χ0n) is 11.7. The number of rotatable bonds is 3. The van der Waals surface area contributed by atoms with Gasteiger partial charge in [0.25, 0.3) is 0 Å². The van der Waals surface area contributed by atoms with E-state index in [-0.39, 0.29) is 6.04 Å². The van der Waals surface area contributed by atoms with Gasteiger partial charge in [-0.25, -0.2) is 0 Å². The number of hydrogen-bond acceptors (Lipinski definition) is 3. The number of phenolic OH excluding ortho intramolecular Hbond substituents is 1. The van der Waals surface area contributed by atoms with Crippen LogP contribution in [0.2, 0.25) is 0 Å². The molecule has 104 valence electrons. The van der Waals surface area contributed by atoms with Crippen LogP contribution in [0.5, 0.6) is 5.75 Å². The van der Waals surface area contributed by atoms with E-state index < -0.39 is 0 Å². The van der Waals surface area contributed by atoms with Crippen LogP contribution in [0.15, 0.2) is 42.7 Å². The Bertz CT molecular complexity index is 583. The zero-order valence-corrected chi connectivity index (χ0v) is 11.7. The van der Waals surface area contributed by atoms with Gasteiger partial charge in [-0.15, -0.1) is 0 Å². The fourth-order valence-electron chi connectivity index (χ4n) is 3.00. The van der Waals surface area contributed by atoms with Crippen LogP contribution < -0.4 is 5.32 Å². The summed E-state index contributed by atoms with van der Waals surface area (Å²) in [5, 5.41) is 13.3. The summed E-state index contributed by atoms with van der Waals surface area (Å²) in [6.07, 6.45) is 7.08. The molecule has 0 aliphatic heterocycles. The minimum absolute atomic E-state index is 0.272. The smallest absolute Gasteiger partial charge is 0.115 e. The lowest BCUT2D eigenvalue weighted by molar-refractivity contribution is 0.412. The number of hydrogen-bond donors (Lipinski definition) is 2. The summed E-state index contributed by atoms with van der Waals surface area (Å²) in [5.41, 5.74) is 3.80. The topological polar surface area (TPSA) is 45.1 Å². The highest BCUT2D eigenvalue weighted by Crippen LogP contribution is 2.33. The number of phenols is 1. The van der Waals surface area contributed by atoms with Crippen molar-refractivity contribution in [3.63, 3.8) is 0 Å². The summed E-state index contributed by atoms with van der Waals surface area (Å²) in [5.74, 6) is 0.365. The molecule has 0 radical (unpaired) electrons. The molecule has 0 amide bonds. The summed E-state index contributed by atoms with van der Waals surface area (Å²) in [6.45, 7) is 2.17. The molecule has 1 aromatic carbocycles. The number of nitrogens with one attached hydrogen (secondary N) is 1. The molecule has 1 aromatic heterocycles. The van der Waals surface area contributed by atoms with E-state index in [1.54, 1.807) is 12.3 Å². The van der Waals surface area contributed by atoms with E-state index in [9.17, 15) is 5.11 Å². The predicted octanol–water partition coefficient (Wildman–Crippen LogP) is 3.52. The molecule has 0 bridgehead atoms. The molecule has 3 rings (SSSR count). The third kappa shape index (κ3) is 2.68. The van der Waals surface area contributed by atoms with Gasteiger partial charge in [-0.3, -0.25) is 4.98 Å². The second kappa shape index (κ2) is 5.63. The van der Waals surface area contributed by atoms with Crippen LogP contribution in [0, 0.1) is 0 Å². The third-order valence-electron chi connectivity index (χ3n) is 4.08. The van der Waals surface area contributed by atoms with E-state index in [1.165, 1.54) is 16.7 Å². The largest absolute Gasteiger partial charge is 0.508 e.